The highest BCUT2D eigenvalue weighted by Gasteiger charge is 2.37. The highest BCUT2D eigenvalue weighted by atomic mass is 16.1. The van der Waals surface area contributed by atoms with Crippen LogP contribution in [0.5, 0.6) is 0 Å². The molecule has 2 saturated heterocycles. The van der Waals surface area contributed by atoms with Gasteiger partial charge in [-0.25, -0.2) is 0 Å². The molecule has 25 heavy (non-hydrogen) atoms. The Morgan fingerprint density at radius 2 is 1.60 bits per heavy atom. The summed E-state index contributed by atoms with van der Waals surface area (Å²) in [5.41, 5.74) is 3.17. The smallest absolute Gasteiger partial charge is 0.179 e. The SMILES string of the molecule is CC(C(=O)c1ccc(-c2ccccc2)cc1)N1CCCN2CCCC21. The zero-order valence-corrected chi connectivity index (χ0v) is 14.9. The molecule has 0 radical (unpaired) electrons. The molecule has 0 bridgehead atoms. The second-order valence-electron chi connectivity index (χ2n) is 7.23. The van der Waals surface area contributed by atoms with Crippen molar-refractivity contribution in [1.29, 1.82) is 0 Å². The van der Waals surface area contributed by atoms with Crippen LogP contribution < -0.4 is 0 Å². The first-order valence-corrected chi connectivity index (χ1v) is 9.43. The van der Waals surface area contributed by atoms with Crippen molar-refractivity contribution in [3.8, 4) is 11.1 Å². The minimum absolute atomic E-state index is 0.0477. The maximum absolute atomic E-state index is 13.0. The van der Waals surface area contributed by atoms with Crippen LogP contribution in [0.2, 0.25) is 0 Å². The fourth-order valence-electron chi connectivity index (χ4n) is 4.35. The molecule has 0 saturated carbocycles. The highest BCUT2D eigenvalue weighted by molar-refractivity contribution is 6.00. The van der Waals surface area contributed by atoms with Gasteiger partial charge in [0.2, 0.25) is 0 Å². The number of fused-ring (bicyclic) bond motifs is 1. The molecule has 2 fully saturated rings. The Kier molecular flexibility index (Phi) is 4.69. The minimum Gasteiger partial charge on any atom is -0.292 e. The van der Waals surface area contributed by atoms with Crippen LogP contribution in [0, 0.1) is 0 Å². The lowest BCUT2D eigenvalue weighted by atomic mass is 9.98. The highest BCUT2D eigenvalue weighted by Crippen LogP contribution is 2.28. The van der Waals surface area contributed by atoms with E-state index in [-0.39, 0.29) is 11.8 Å². The van der Waals surface area contributed by atoms with Gasteiger partial charge < -0.3 is 0 Å². The molecular weight excluding hydrogens is 308 g/mol. The first-order chi connectivity index (χ1) is 12.2. The summed E-state index contributed by atoms with van der Waals surface area (Å²) in [6.07, 6.45) is 4.09. The van der Waals surface area contributed by atoms with Crippen LogP contribution in [0.1, 0.15) is 36.5 Å². The van der Waals surface area contributed by atoms with Crippen LogP contribution in [-0.2, 0) is 0 Å². The Morgan fingerprint density at radius 1 is 0.920 bits per heavy atom. The Morgan fingerprint density at radius 3 is 2.36 bits per heavy atom. The lowest BCUT2D eigenvalue weighted by molar-refractivity contribution is 0.0100. The quantitative estimate of drug-likeness (QED) is 0.788. The van der Waals surface area contributed by atoms with E-state index in [9.17, 15) is 4.79 Å². The van der Waals surface area contributed by atoms with E-state index in [4.69, 9.17) is 0 Å². The Labute approximate surface area is 150 Å². The van der Waals surface area contributed by atoms with Gasteiger partial charge in [0.05, 0.1) is 12.2 Å². The summed E-state index contributed by atoms with van der Waals surface area (Å²) in [6.45, 7) is 5.49. The monoisotopic (exact) mass is 334 g/mol. The van der Waals surface area contributed by atoms with Crippen LogP contribution in [0.3, 0.4) is 0 Å². The number of hydrogen-bond acceptors (Lipinski definition) is 3. The van der Waals surface area contributed by atoms with Crippen molar-refractivity contribution in [2.45, 2.75) is 38.4 Å². The van der Waals surface area contributed by atoms with Crippen molar-refractivity contribution in [1.82, 2.24) is 9.80 Å². The molecule has 2 unspecified atom stereocenters. The van der Waals surface area contributed by atoms with Gasteiger partial charge in [0.15, 0.2) is 5.78 Å². The van der Waals surface area contributed by atoms with Crippen molar-refractivity contribution in [2.75, 3.05) is 19.6 Å². The lowest BCUT2D eigenvalue weighted by Crippen LogP contribution is -2.55. The Bertz CT molecular complexity index is 725. The number of Topliss-reactive ketones (excluding diaryl/α,β-unsaturated/α-hetero) is 1. The average molecular weight is 334 g/mol. The van der Waals surface area contributed by atoms with Crippen LogP contribution in [0.25, 0.3) is 11.1 Å². The van der Waals surface area contributed by atoms with Gasteiger partial charge in [0.1, 0.15) is 0 Å². The molecule has 0 aromatic heterocycles. The van der Waals surface area contributed by atoms with E-state index in [1.165, 1.54) is 37.9 Å². The number of benzene rings is 2. The van der Waals surface area contributed by atoms with Gasteiger partial charge in [-0.3, -0.25) is 14.6 Å². The summed E-state index contributed by atoms with van der Waals surface area (Å²) in [4.78, 5) is 18.0. The van der Waals surface area contributed by atoms with Crippen LogP contribution in [-0.4, -0.2) is 47.4 Å². The van der Waals surface area contributed by atoms with Crippen molar-refractivity contribution in [2.24, 2.45) is 0 Å². The first kappa shape index (κ1) is 16.5. The number of ketones is 1. The van der Waals surface area contributed by atoms with Crippen molar-refractivity contribution in [3.05, 3.63) is 60.2 Å². The normalized spacial score (nSPS) is 22.5. The minimum atomic E-state index is -0.0477. The number of carbonyl (C=O) groups is 1. The molecule has 0 aliphatic carbocycles. The summed E-state index contributed by atoms with van der Waals surface area (Å²) < 4.78 is 0. The number of carbonyl (C=O) groups excluding carboxylic acids is 1. The van der Waals surface area contributed by atoms with Crippen molar-refractivity contribution >= 4 is 5.78 Å². The number of hydrogen-bond donors (Lipinski definition) is 0. The molecule has 4 rings (SSSR count). The molecule has 3 nitrogen and oxygen atoms in total. The van der Waals surface area contributed by atoms with Gasteiger partial charge in [-0.05, 0) is 43.9 Å². The standard InChI is InChI=1S/C22H26N2O/c1-17(24-16-6-15-23-14-5-9-21(23)24)22(25)20-12-10-19(11-13-20)18-7-3-2-4-8-18/h2-4,7-8,10-13,17,21H,5-6,9,14-16H2,1H3. The molecule has 2 aliphatic heterocycles. The van der Waals surface area contributed by atoms with Crippen LogP contribution >= 0.6 is 0 Å². The third-order valence-corrected chi connectivity index (χ3v) is 5.73. The summed E-state index contributed by atoms with van der Waals surface area (Å²) >= 11 is 0. The molecule has 2 aromatic rings. The van der Waals surface area contributed by atoms with Gasteiger partial charge in [-0.1, -0.05) is 54.6 Å². The molecule has 2 atom stereocenters. The molecular formula is C22H26N2O. The third kappa shape index (κ3) is 3.26. The van der Waals surface area contributed by atoms with Gasteiger partial charge in [0, 0.05) is 18.7 Å². The van der Waals surface area contributed by atoms with E-state index in [1.54, 1.807) is 0 Å². The summed E-state index contributed by atoms with van der Waals surface area (Å²) in [5.74, 6) is 0.244. The molecule has 130 valence electrons. The van der Waals surface area contributed by atoms with E-state index in [0.717, 1.165) is 17.7 Å². The molecule has 0 spiro atoms. The Balaban J connectivity index is 1.50. The van der Waals surface area contributed by atoms with Crippen LogP contribution in [0.4, 0.5) is 0 Å². The van der Waals surface area contributed by atoms with Gasteiger partial charge in [0.25, 0.3) is 0 Å². The molecule has 2 aromatic carbocycles. The predicted molar refractivity (Wildman–Crippen MR) is 102 cm³/mol. The second-order valence-corrected chi connectivity index (χ2v) is 7.23. The largest absolute Gasteiger partial charge is 0.292 e. The lowest BCUT2D eigenvalue weighted by Gasteiger charge is -2.42. The molecule has 2 heterocycles. The fraction of sp³-hybridized carbons (Fsp3) is 0.409. The predicted octanol–water partition coefficient (Wildman–Crippen LogP) is 4.05. The fourth-order valence-corrected chi connectivity index (χ4v) is 4.35. The van der Waals surface area contributed by atoms with Crippen molar-refractivity contribution in [3.63, 3.8) is 0 Å². The van der Waals surface area contributed by atoms with Gasteiger partial charge >= 0.3 is 0 Å². The third-order valence-electron chi connectivity index (χ3n) is 5.73. The van der Waals surface area contributed by atoms with E-state index in [0.29, 0.717) is 6.17 Å². The molecule has 0 amide bonds. The summed E-state index contributed by atoms with van der Waals surface area (Å²) in [5, 5.41) is 0. The summed E-state index contributed by atoms with van der Waals surface area (Å²) in [7, 11) is 0. The van der Waals surface area contributed by atoms with E-state index in [2.05, 4.69) is 41.0 Å². The van der Waals surface area contributed by atoms with E-state index < -0.39 is 0 Å². The second kappa shape index (κ2) is 7.11. The zero-order valence-electron chi connectivity index (χ0n) is 14.9. The number of nitrogens with zero attached hydrogens (tertiary/aromatic N) is 2. The van der Waals surface area contributed by atoms with Gasteiger partial charge in [-0.2, -0.15) is 0 Å². The average Bonchev–Trinajstić information content (AvgIpc) is 3.16. The van der Waals surface area contributed by atoms with E-state index in [1.807, 2.05) is 30.3 Å². The number of rotatable bonds is 4. The molecule has 0 N–H and O–H groups in total. The van der Waals surface area contributed by atoms with Crippen molar-refractivity contribution < 1.29 is 4.79 Å². The zero-order chi connectivity index (χ0) is 17.2. The maximum Gasteiger partial charge on any atom is 0.179 e. The van der Waals surface area contributed by atoms with Gasteiger partial charge in [-0.15, -0.1) is 0 Å². The summed E-state index contributed by atoms with van der Waals surface area (Å²) in [6, 6.07) is 18.3. The first-order valence-electron chi connectivity index (χ1n) is 9.43. The van der Waals surface area contributed by atoms with Crippen LogP contribution in [0.15, 0.2) is 54.6 Å². The Hall–Kier alpha value is -1.97. The molecule has 2 aliphatic rings. The molecule has 3 heteroatoms. The maximum atomic E-state index is 13.0. The topological polar surface area (TPSA) is 23.6 Å². The van der Waals surface area contributed by atoms with E-state index >= 15 is 0 Å².